The van der Waals surface area contributed by atoms with Gasteiger partial charge in [0.15, 0.2) is 6.29 Å². The first-order chi connectivity index (χ1) is 12.8. The second kappa shape index (κ2) is 6.81. The molecule has 0 spiro atoms. The van der Waals surface area contributed by atoms with Crippen LogP contribution in [0.4, 0.5) is 0 Å². The standard InChI is InChI=1S/C23H18N2O/c1-17-9-8-14-20(15-17)25-21(16-26)22(18-10-4-2-5-11-18)24-23(25)19-12-6-3-7-13-19/h2-16H,1H3. The van der Waals surface area contributed by atoms with E-state index in [2.05, 4.69) is 6.07 Å². The monoisotopic (exact) mass is 338 g/mol. The molecule has 0 saturated heterocycles. The molecule has 0 aliphatic rings. The number of benzene rings is 3. The summed E-state index contributed by atoms with van der Waals surface area (Å²) in [6, 6.07) is 27.9. The Hall–Kier alpha value is -3.46. The van der Waals surface area contributed by atoms with Gasteiger partial charge in [-0.2, -0.15) is 0 Å². The third-order valence-electron chi connectivity index (χ3n) is 4.36. The van der Waals surface area contributed by atoms with Gasteiger partial charge in [0.2, 0.25) is 0 Å². The number of carbonyl (C=O) groups is 1. The summed E-state index contributed by atoms with van der Waals surface area (Å²) in [6.07, 6.45) is 0.893. The van der Waals surface area contributed by atoms with Gasteiger partial charge in [0.25, 0.3) is 0 Å². The summed E-state index contributed by atoms with van der Waals surface area (Å²) in [6.45, 7) is 2.04. The molecule has 0 saturated carbocycles. The minimum Gasteiger partial charge on any atom is -0.296 e. The fourth-order valence-electron chi connectivity index (χ4n) is 3.16. The van der Waals surface area contributed by atoms with Crippen LogP contribution in [-0.2, 0) is 0 Å². The number of nitrogens with zero attached hydrogens (tertiary/aromatic N) is 2. The van der Waals surface area contributed by atoms with E-state index < -0.39 is 0 Å². The quantitative estimate of drug-likeness (QED) is 0.472. The summed E-state index contributed by atoms with van der Waals surface area (Å²) in [5, 5.41) is 0. The topological polar surface area (TPSA) is 34.9 Å². The average Bonchev–Trinajstić information content (AvgIpc) is 3.09. The van der Waals surface area contributed by atoms with Crippen molar-refractivity contribution in [3.05, 3.63) is 96.2 Å². The summed E-state index contributed by atoms with van der Waals surface area (Å²) in [5.74, 6) is 0.761. The van der Waals surface area contributed by atoms with Gasteiger partial charge in [-0.05, 0) is 24.6 Å². The summed E-state index contributed by atoms with van der Waals surface area (Å²) in [5.41, 5.74) is 5.22. The van der Waals surface area contributed by atoms with Crippen molar-refractivity contribution in [1.82, 2.24) is 9.55 Å². The number of aryl methyl sites for hydroxylation is 1. The van der Waals surface area contributed by atoms with Gasteiger partial charge < -0.3 is 0 Å². The Bertz CT molecular complexity index is 1050. The molecule has 4 rings (SSSR count). The Kier molecular flexibility index (Phi) is 4.20. The first kappa shape index (κ1) is 16.0. The van der Waals surface area contributed by atoms with Gasteiger partial charge in [-0.15, -0.1) is 0 Å². The number of hydrogen-bond donors (Lipinski definition) is 0. The summed E-state index contributed by atoms with van der Waals surface area (Å²) in [4.78, 5) is 16.9. The van der Waals surface area contributed by atoms with Gasteiger partial charge in [-0.1, -0.05) is 72.8 Å². The van der Waals surface area contributed by atoms with E-state index in [1.807, 2.05) is 90.4 Å². The maximum absolute atomic E-state index is 12.1. The van der Waals surface area contributed by atoms with Crippen LogP contribution >= 0.6 is 0 Å². The molecule has 26 heavy (non-hydrogen) atoms. The maximum Gasteiger partial charge on any atom is 0.169 e. The lowest BCUT2D eigenvalue weighted by molar-refractivity contribution is 0.111. The molecular formula is C23H18N2O. The lowest BCUT2D eigenvalue weighted by Gasteiger charge is -2.10. The zero-order valence-corrected chi connectivity index (χ0v) is 14.5. The molecule has 0 unspecified atom stereocenters. The third kappa shape index (κ3) is 2.84. The molecule has 1 heterocycles. The molecule has 0 aliphatic carbocycles. The van der Waals surface area contributed by atoms with Crippen molar-refractivity contribution < 1.29 is 4.79 Å². The van der Waals surface area contributed by atoms with Crippen LogP contribution in [0.25, 0.3) is 28.3 Å². The highest BCUT2D eigenvalue weighted by Gasteiger charge is 2.20. The van der Waals surface area contributed by atoms with E-state index in [1.165, 1.54) is 0 Å². The summed E-state index contributed by atoms with van der Waals surface area (Å²) < 4.78 is 1.94. The molecule has 0 radical (unpaired) electrons. The van der Waals surface area contributed by atoms with E-state index in [1.54, 1.807) is 0 Å². The van der Waals surface area contributed by atoms with Gasteiger partial charge >= 0.3 is 0 Å². The highest BCUT2D eigenvalue weighted by atomic mass is 16.1. The predicted octanol–water partition coefficient (Wildman–Crippen LogP) is 5.33. The lowest BCUT2D eigenvalue weighted by Crippen LogP contribution is -2.02. The largest absolute Gasteiger partial charge is 0.296 e. The van der Waals surface area contributed by atoms with Gasteiger partial charge in [0.1, 0.15) is 17.2 Å². The van der Waals surface area contributed by atoms with Gasteiger partial charge in [-0.3, -0.25) is 9.36 Å². The molecule has 0 atom stereocenters. The van der Waals surface area contributed by atoms with E-state index in [4.69, 9.17) is 4.98 Å². The van der Waals surface area contributed by atoms with Crippen molar-refractivity contribution in [3.63, 3.8) is 0 Å². The van der Waals surface area contributed by atoms with Crippen LogP contribution in [0.1, 0.15) is 16.1 Å². The number of rotatable bonds is 4. The minimum absolute atomic E-state index is 0.556. The second-order valence-electron chi connectivity index (χ2n) is 6.19. The van der Waals surface area contributed by atoms with Gasteiger partial charge in [0.05, 0.1) is 0 Å². The molecule has 4 aromatic rings. The average molecular weight is 338 g/mol. The second-order valence-corrected chi connectivity index (χ2v) is 6.19. The summed E-state index contributed by atoms with van der Waals surface area (Å²) in [7, 11) is 0. The molecule has 0 bridgehead atoms. The van der Waals surface area contributed by atoms with Gasteiger partial charge in [0, 0.05) is 16.8 Å². The van der Waals surface area contributed by atoms with Crippen LogP contribution in [0, 0.1) is 6.92 Å². The Labute approximate surface area is 152 Å². The molecule has 0 N–H and O–H groups in total. The smallest absolute Gasteiger partial charge is 0.169 e. The highest BCUT2D eigenvalue weighted by Crippen LogP contribution is 2.31. The number of aldehydes is 1. The zero-order valence-electron chi connectivity index (χ0n) is 14.5. The van der Waals surface area contributed by atoms with Crippen molar-refractivity contribution in [3.8, 4) is 28.3 Å². The Morgan fingerprint density at radius 1 is 0.808 bits per heavy atom. The fraction of sp³-hybridized carbons (Fsp3) is 0.0435. The fourth-order valence-corrected chi connectivity index (χ4v) is 3.16. The number of carbonyl (C=O) groups excluding carboxylic acids is 1. The van der Waals surface area contributed by atoms with Crippen molar-refractivity contribution in [2.24, 2.45) is 0 Å². The highest BCUT2D eigenvalue weighted by molar-refractivity contribution is 5.87. The van der Waals surface area contributed by atoms with E-state index >= 15 is 0 Å². The third-order valence-corrected chi connectivity index (χ3v) is 4.36. The van der Waals surface area contributed by atoms with E-state index in [0.717, 1.165) is 34.5 Å². The van der Waals surface area contributed by atoms with E-state index in [9.17, 15) is 4.79 Å². The van der Waals surface area contributed by atoms with Crippen molar-refractivity contribution in [2.75, 3.05) is 0 Å². The van der Waals surface area contributed by atoms with Crippen molar-refractivity contribution >= 4 is 6.29 Å². The van der Waals surface area contributed by atoms with Crippen LogP contribution < -0.4 is 0 Å². The molecule has 1 aromatic heterocycles. The first-order valence-corrected chi connectivity index (χ1v) is 8.54. The molecule has 0 fully saturated rings. The number of imidazole rings is 1. The van der Waals surface area contributed by atoms with Crippen LogP contribution in [-0.4, -0.2) is 15.8 Å². The molecule has 3 nitrogen and oxygen atoms in total. The van der Waals surface area contributed by atoms with Crippen LogP contribution in [0.3, 0.4) is 0 Å². The van der Waals surface area contributed by atoms with Crippen molar-refractivity contribution in [1.29, 1.82) is 0 Å². The summed E-state index contributed by atoms with van der Waals surface area (Å²) >= 11 is 0. The Morgan fingerprint density at radius 2 is 1.46 bits per heavy atom. The normalized spacial score (nSPS) is 10.7. The van der Waals surface area contributed by atoms with E-state index in [0.29, 0.717) is 11.4 Å². The SMILES string of the molecule is Cc1cccc(-n2c(-c3ccccc3)nc(-c3ccccc3)c2C=O)c1. The van der Waals surface area contributed by atoms with Crippen LogP contribution in [0.5, 0.6) is 0 Å². The van der Waals surface area contributed by atoms with Crippen LogP contribution in [0.2, 0.25) is 0 Å². The Balaban J connectivity index is 2.04. The first-order valence-electron chi connectivity index (χ1n) is 8.54. The predicted molar refractivity (Wildman–Crippen MR) is 105 cm³/mol. The number of aromatic nitrogens is 2. The molecule has 3 aromatic carbocycles. The van der Waals surface area contributed by atoms with Crippen LogP contribution in [0.15, 0.2) is 84.9 Å². The van der Waals surface area contributed by atoms with E-state index in [-0.39, 0.29) is 0 Å². The van der Waals surface area contributed by atoms with Gasteiger partial charge in [-0.25, -0.2) is 4.98 Å². The Morgan fingerprint density at radius 3 is 2.08 bits per heavy atom. The molecule has 3 heteroatoms. The zero-order chi connectivity index (χ0) is 17.9. The molecule has 126 valence electrons. The lowest BCUT2D eigenvalue weighted by atomic mass is 10.1. The molecule has 0 aliphatic heterocycles. The molecular weight excluding hydrogens is 320 g/mol. The maximum atomic E-state index is 12.1. The van der Waals surface area contributed by atoms with Crippen molar-refractivity contribution in [2.45, 2.75) is 6.92 Å². The molecule has 0 amide bonds. The number of hydrogen-bond acceptors (Lipinski definition) is 2. The minimum atomic E-state index is 0.556.